The molecule has 0 aliphatic carbocycles. The Kier molecular flexibility index (Phi) is 6.33. The molecule has 130 valence electrons. The van der Waals surface area contributed by atoms with Crippen molar-refractivity contribution in [3.05, 3.63) is 91.9 Å². The van der Waals surface area contributed by atoms with Gasteiger partial charge in [0.1, 0.15) is 0 Å². The molecule has 0 aliphatic heterocycles. The first kappa shape index (κ1) is 18.9. The highest BCUT2D eigenvalue weighted by Crippen LogP contribution is 2.32. The van der Waals surface area contributed by atoms with Crippen LogP contribution in [0.25, 0.3) is 0 Å². The van der Waals surface area contributed by atoms with Gasteiger partial charge in [-0.05, 0) is 35.4 Å². The molecule has 0 unspecified atom stereocenters. The van der Waals surface area contributed by atoms with Crippen molar-refractivity contribution in [3.8, 4) is 0 Å². The maximum Gasteiger partial charge on any atom is 0.0848 e. The third kappa shape index (κ3) is 4.66. The molecule has 0 saturated carbocycles. The topological polar surface area (TPSA) is 24.7 Å². The van der Waals surface area contributed by atoms with Gasteiger partial charge in [0.2, 0.25) is 0 Å². The zero-order valence-electron chi connectivity index (χ0n) is 13.3. The summed E-state index contributed by atoms with van der Waals surface area (Å²) in [6, 6.07) is 18.4. The molecule has 0 radical (unpaired) electrons. The van der Waals surface area contributed by atoms with Crippen LogP contribution < -0.4 is 0 Å². The summed E-state index contributed by atoms with van der Waals surface area (Å²) in [6.07, 6.45) is 3.46. The first-order chi connectivity index (χ1) is 12.5. The molecule has 0 aliphatic rings. The van der Waals surface area contributed by atoms with E-state index < -0.39 is 0 Å². The molecule has 0 amide bonds. The Morgan fingerprint density at radius 1 is 0.538 bits per heavy atom. The summed E-state index contributed by atoms with van der Waals surface area (Å²) in [5.74, 6) is 0. The fraction of sp³-hybridized carbons (Fsp3) is 0. The fourth-order valence-corrected chi connectivity index (χ4v) is 2.83. The van der Waals surface area contributed by atoms with Gasteiger partial charge >= 0.3 is 0 Å². The minimum atomic E-state index is 0.438. The van der Waals surface area contributed by atoms with Crippen LogP contribution in [0.3, 0.4) is 0 Å². The molecule has 0 bridgehead atoms. The Morgan fingerprint density at radius 2 is 0.923 bits per heavy atom. The van der Waals surface area contributed by atoms with Gasteiger partial charge in [-0.25, -0.2) is 0 Å². The van der Waals surface area contributed by atoms with Crippen molar-refractivity contribution in [2.45, 2.75) is 0 Å². The number of benzene rings is 3. The molecule has 6 heteroatoms. The minimum Gasteiger partial charge on any atom is -0.255 e. The monoisotopic (exact) mass is 420 g/mol. The van der Waals surface area contributed by atoms with Gasteiger partial charge in [0.25, 0.3) is 0 Å². The average Bonchev–Trinajstić information content (AvgIpc) is 2.65. The number of hydrogen-bond acceptors (Lipinski definition) is 2. The number of hydrogen-bond donors (Lipinski definition) is 0. The average molecular weight is 422 g/mol. The molecular formula is C20H12Cl4N2. The molecule has 2 nitrogen and oxygen atoms in total. The first-order valence-electron chi connectivity index (χ1n) is 7.61. The first-order valence-corrected chi connectivity index (χ1v) is 9.12. The Balaban J connectivity index is 1.74. The van der Waals surface area contributed by atoms with E-state index in [0.717, 1.165) is 11.1 Å². The van der Waals surface area contributed by atoms with Crippen molar-refractivity contribution >= 4 is 70.2 Å². The second-order valence-electron chi connectivity index (χ2n) is 5.33. The van der Waals surface area contributed by atoms with E-state index >= 15 is 0 Å². The molecule has 0 fully saturated rings. The van der Waals surface area contributed by atoms with Crippen LogP contribution in [0.2, 0.25) is 20.1 Å². The number of rotatable bonds is 4. The Hall–Kier alpha value is -1.84. The molecule has 0 spiro atoms. The normalized spacial score (nSPS) is 11.5. The van der Waals surface area contributed by atoms with Crippen LogP contribution >= 0.6 is 46.4 Å². The van der Waals surface area contributed by atoms with E-state index in [1.807, 2.05) is 24.3 Å². The lowest BCUT2D eigenvalue weighted by molar-refractivity contribution is 1.51. The van der Waals surface area contributed by atoms with E-state index in [1.165, 1.54) is 0 Å². The zero-order valence-corrected chi connectivity index (χ0v) is 16.4. The summed E-state index contributed by atoms with van der Waals surface area (Å²) in [6.45, 7) is 0. The van der Waals surface area contributed by atoms with Crippen molar-refractivity contribution in [2.24, 2.45) is 9.98 Å². The van der Waals surface area contributed by atoms with Gasteiger partial charge in [0.05, 0.1) is 31.5 Å². The molecule has 26 heavy (non-hydrogen) atoms. The second kappa shape index (κ2) is 8.70. The van der Waals surface area contributed by atoms with Crippen LogP contribution in [0.4, 0.5) is 11.4 Å². The van der Waals surface area contributed by atoms with Crippen LogP contribution in [-0.4, -0.2) is 12.4 Å². The van der Waals surface area contributed by atoms with E-state index in [1.54, 1.807) is 48.8 Å². The third-order valence-corrected chi connectivity index (χ3v) is 5.12. The predicted octanol–water partition coefficient (Wildman–Crippen LogP) is 7.80. The highest BCUT2D eigenvalue weighted by atomic mass is 35.5. The summed E-state index contributed by atoms with van der Waals surface area (Å²) in [4.78, 5) is 8.75. The van der Waals surface area contributed by atoms with E-state index in [0.29, 0.717) is 31.5 Å². The number of halogens is 4. The van der Waals surface area contributed by atoms with E-state index in [4.69, 9.17) is 46.4 Å². The lowest BCUT2D eigenvalue weighted by Crippen LogP contribution is -1.85. The standard InChI is InChI=1S/C20H12Cl4N2/c21-15-3-1-5-17(19(15)23)25-11-13-7-9-14(10-8-13)12-26-18-6-2-4-16(22)20(18)24/h1-12H. The Morgan fingerprint density at radius 3 is 1.31 bits per heavy atom. The molecule has 0 N–H and O–H groups in total. The van der Waals surface area contributed by atoms with Crippen LogP contribution in [0, 0.1) is 0 Å². The smallest absolute Gasteiger partial charge is 0.0848 e. The van der Waals surface area contributed by atoms with Crippen LogP contribution in [0.5, 0.6) is 0 Å². The summed E-state index contributed by atoms with van der Waals surface area (Å²) in [5.41, 5.74) is 3.11. The van der Waals surface area contributed by atoms with Gasteiger partial charge in [0.15, 0.2) is 0 Å². The molecule has 3 aromatic carbocycles. The lowest BCUT2D eigenvalue weighted by Gasteiger charge is -2.01. The molecule has 0 heterocycles. The Bertz CT molecular complexity index is 899. The number of nitrogens with zero attached hydrogens (tertiary/aromatic N) is 2. The van der Waals surface area contributed by atoms with Crippen molar-refractivity contribution < 1.29 is 0 Å². The summed E-state index contributed by atoms with van der Waals surface area (Å²) < 4.78 is 0. The lowest BCUT2D eigenvalue weighted by atomic mass is 10.1. The molecule has 0 saturated heterocycles. The van der Waals surface area contributed by atoms with Gasteiger partial charge in [-0.15, -0.1) is 0 Å². The minimum absolute atomic E-state index is 0.438. The summed E-state index contributed by atoms with van der Waals surface area (Å²) in [7, 11) is 0. The molecule has 3 rings (SSSR count). The Labute approximate surface area is 171 Å². The van der Waals surface area contributed by atoms with Crippen molar-refractivity contribution in [1.82, 2.24) is 0 Å². The maximum absolute atomic E-state index is 6.12. The third-order valence-electron chi connectivity index (χ3n) is 3.50. The van der Waals surface area contributed by atoms with Crippen LogP contribution in [0.1, 0.15) is 11.1 Å². The predicted molar refractivity (Wildman–Crippen MR) is 114 cm³/mol. The van der Waals surface area contributed by atoms with Gasteiger partial charge in [-0.2, -0.15) is 0 Å². The molecular weight excluding hydrogens is 410 g/mol. The van der Waals surface area contributed by atoms with Gasteiger partial charge in [-0.1, -0.05) is 82.8 Å². The van der Waals surface area contributed by atoms with Crippen molar-refractivity contribution in [1.29, 1.82) is 0 Å². The van der Waals surface area contributed by atoms with Crippen LogP contribution in [-0.2, 0) is 0 Å². The SMILES string of the molecule is Clc1cccc(N=Cc2ccc(C=Nc3cccc(Cl)c3Cl)cc2)c1Cl. The summed E-state index contributed by atoms with van der Waals surface area (Å²) in [5, 5.41) is 1.83. The zero-order chi connectivity index (χ0) is 18.5. The number of aliphatic imine (C=N–C) groups is 2. The van der Waals surface area contributed by atoms with Crippen LogP contribution in [0.15, 0.2) is 70.6 Å². The molecule has 0 aromatic heterocycles. The quantitative estimate of drug-likeness (QED) is 0.384. The fourth-order valence-electron chi connectivity index (χ4n) is 2.14. The van der Waals surface area contributed by atoms with Crippen molar-refractivity contribution in [2.75, 3.05) is 0 Å². The van der Waals surface area contributed by atoms with Gasteiger partial charge in [-0.3, -0.25) is 9.98 Å². The molecule has 0 atom stereocenters. The highest BCUT2D eigenvalue weighted by molar-refractivity contribution is 6.44. The van der Waals surface area contributed by atoms with E-state index in [-0.39, 0.29) is 0 Å². The van der Waals surface area contributed by atoms with Gasteiger partial charge < -0.3 is 0 Å². The molecule has 3 aromatic rings. The van der Waals surface area contributed by atoms with E-state index in [2.05, 4.69) is 9.98 Å². The van der Waals surface area contributed by atoms with Gasteiger partial charge in [0, 0.05) is 12.4 Å². The highest BCUT2D eigenvalue weighted by Gasteiger charge is 2.03. The second-order valence-corrected chi connectivity index (χ2v) is 6.90. The van der Waals surface area contributed by atoms with Crippen molar-refractivity contribution in [3.63, 3.8) is 0 Å². The summed E-state index contributed by atoms with van der Waals surface area (Å²) >= 11 is 24.2. The largest absolute Gasteiger partial charge is 0.255 e. The maximum atomic E-state index is 6.12. The van der Waals surface area contributed by atoms with E-state index in [9.17, 15) is 0 Å².